The van der Waals surface area contributed by atoms with E-state index in [-0.39, 0.29) is 18.0 Å². The van der Waals surface area contributed by atoms with E-state index in [4.69, 9.17) is 0 Å². The number of hydrogen-bond donors (Lipinski definition) is 3. The van der Waals surface area contributed by atoms with Crippen LogP contribution in [0.4, 0.5) is 0 Å². The standard InChI is InChI=1S/C24H25N3O2S/c1-14-6-8-20-18(11-14)17(23(27-20)21-5-4-10-30-21)7-9-22(28)25-13-19-15(2)12-16(3)26-24(19)29/h4-6,8,10-12,27H,7,9,13H2,1-3H3,(H,25,28)(H,26,29). The molecule has 0 aliphatic rings. The van der Waals surface area contributed by atoms with E-state index in [1.54, 1.807) is 11.3 Å². The number of nitrogens with one attached hydrogen (secondary N) is 3. The van der Waals surface area contributed by atoms with Crippen LogP contribution < -0.4 is 10.9 Å². The molecule has 0 fully saturated rings. The lowest BCUT2D eigenvalue weighted by molar-refractivity contribution is -0.121. The Bertz CT molecular complexity index is 1270. The van der Waals surface area contributed by atoms with E-state index in [0.717, 1.165) is 33.4 Å². The first-order valence-corrected chi connectivity index (χ1v) is 10.9. The molecule has 0 aliphatic carbocycles. The van der Waals surface area contributed by atoms with E-state index in [0.29, 0.717) is 18.4 Å². The highest BCUT2D eigenvalue weighted by Crippen LogP contribution is 2.34. The molecule has 3 aromatic heterocycles. The fraction of sp³-hybridized carbons (Fsp3) is 0.250. The summed E-state index contributed by atoms with van der Waals surface area (Å²) in [5, 5.41) is 6.13. The van der Waals surface area contributed by atoms with Crippen LogP contribution >= 0.6 is 11.3 Å². The Kier molecular flexibility index (Phi) is 5.59. The van der Waals surface area contributed by atoms with E-state index in [2.05, 4.69) is 51.9 Å². The van der Waals surface area contributed by atoms with Gasteiger partial charge in [-0.3, -0.25) is 9.59 Å². The van der Waals surface area contributed by atoms with Crippen molar-refractivity contribution in [1.82, 2.24) is 15.3 Å². The Balaban J connectivity index is 1.52. The summed E-state index contributed by atoms with van der Waals surface area (Å²) >= 11 is 1.69. The average molecular weight is 420 g/mol. The Morgan fingerprint density at radius 3 is 2.63 bits per heavy atom. The maximum Gasteiger partial charge on any atom is 0.253 e. The van der Waals surface area contributed by atoms with Gasteiger partial charge in [0.1, 0.15) is 0 Å². The van der Waals surface area contributed by atoms with Gasteiger partial charge >= 0.3 is 0 Å². The van der Waals surface area contributed by atoms with Crippen molar-refractivity contribution < 1.29 is 4.79 Å². The van der Waals surface area contributed by atoms with E-state index >= 15 is 0 Å². The Labute approximate surface area is 179 Å². The van der Waals surface area contributed by atoms with Crippen molar-refractivity contribution in [2.45, 2.75) is 40.2 Å². The number of carbonyl (C=O) groups excluding carboxylic acids is 1. The fourth-order valence-electron chi connectivity index (χ4n) is 3.87. The van der Waals surface area contributed by atoms with Crippen LogP contribution in [-0.4, -0.2) is 15.9 Å². The number of amides is 1. The van der Waals surface area contributed by atoms with Crippen molar-refractivity contribution >= 4 is 28.1 Å². The molecule has 3 N–H and O–H groups in total. The van der Waals surface area contributed by atoms with Crippen LogP contribution in [0.2, 0.25) is 0 Å². The zero-order valence-corrected chi connectivity index (χ0v) is 18.2. The maximum atomic E-state index is 12.6. The van der Waals surface area contributed by atoms with Crippen LogP contribution in [-0.2, 0) is 17.8 Å². The number of aromatic nitrogens is 2. The molecule has 5 nitrogen and oxygen atoms in total. The topological polar surface area (TPSA) is 77.8 Å². The van der Waals surface area contributed by atoms with Gasteiger partial charge in [0, 0.05) is 35.1 Å². The second-order valence-electron chi connectivity index (χ2n) is 7.72. The second-order valence-corrected chi connectivity index (χ2v) is 8.67. The van der Waals surface area contributed by atoms with E-state index < -0.39 is 0 Å². The number of carbonyl (C=O) groups is 1. The van der Waals surface area contributed by atoms with Crippen molar-refractivity contribution in [1.29, 1.82) is 0 Å². The van der Waals surface area contributed by atoms with Gasteiger partial charge in [0.15, 0.2) is 0 Å². The fourth-order valence-corrected chi connectivity index (χ4v) is 4.62. The van der Waals surface area contributed by atoms with Gasteiger partial charge in [-0.25, -0.2) is 0 Å². The highest BCUT2D eigenvalue weighted by Gasteiger charge is 2.16. The molecule has 154 valence electrons. The SMILES string of the molecule is Cc1ccc2[nH]c(-c3cccs3)c(CCC(=O)NCc3c(C)cc(C)[nH]c3=O)c2c1. The van der Waals surface area contributed by atoms with Crippen molar-refractivity contribution in [2.24, 2.45) is 0 Å². The molecule has 4 aromatic rings. The van der Waals surface area contributed by atoms with Crippen molar-refractivity contribution in [3.05, 3.63) is 80.1 Å². The number of aryl methyl sites for hydroxylation is 4. The van der Waals surface area contributed by atoms with Gasteiger partial charge in [-0.2, -0.15) is 0 Å². The molecular weight excluding hydrogens is 394 g/mol. The molecular formula is C24H25N3O2S. The number of fused-ring (bicyclic) bond motifs is 1. The number of pyridine rings is 1. The third kappa shape index (κ3) is 4.09. The minimum Gasteiger partial charge on any atom is -0.354 e. The largest absolute Gasteiger partial charge is 0.354 e. The van der Waals surface area contributed by atoms with Crippen LogP contribution in [0.5, 0.6) is 0 Å². The number of rotatable bonds is 6. The Morgan fingerprint density at radius 2 is 1.90 bits per heavy atom. The molecule has 0 spiro atoms. The number of benzene rings is 1. The highest BCUT2D eigenvalue weighted by atomic mass is 32.1. The quantitative estimate of drug-likeness (QED) is 0.421. The van der Waals surface area contributed by atoms with Crippen LogP contribution in [0, 0.1) is 20.8 Å². The van der Waals surface area contributed by atoms with Gasteiger partial charge in [0.2, 0.25) is 5.91 Å². The smallest absolute Gasteiger partial charge is 0.253 e. The molecule has 0 atom stereocenters. The van der Waals surface area contributed by atoms with Gasteiger partial charge in [-0.1, -0.05) is 17.7 Å². The van der Waals surface area contributed by atoms with Gasteiger partial charge in [0.05, 0.1) is 10.6 Å². The summed E-state index contributed by atoms with van der Waals surface area (Å²) in [6.07, 6.45) is 0.994. The number of hydrogen-bond acceptors (Lipinski definition) is 3. The van der Waals surface area contributed by atoms with E-state index in [9.17, 15) is 9.59 Å². The van der Waals surface area contributed by atoms with Crippen molar-refractivity contribution in [3.63, 3.8) is 0 Å². The zero-order chi connectivity index (χ0) is 21.3. The molecule has 1 aromatic carbocycles. The van der Waals surface area contributed by atoms with Gasteiger partial charge < -0.3 is 15.3 Å². The first-order chi connectivity index (χ1) is 14.4. The van der Waals surface area contributed by atoms with Crippen molar-refractivity contribution in [3.8, 4) is 10.6 Å². The molecule has 6 heteroatoms. The van der Waals surface area contributed by atoms with Crippen molar-refractivity contribution in [2.75, 3.05) is 0 Å². The molecule has 4 rings (SSSR count). The zero-order valence-electron chi connectivity index (χ0n) is 17.4. The van der Waals surface area contributed by atoms with Crippen LogP contribution in [0.3, 0.4) is 0 Å². The molecule has 0 saturated heterocycles. The van der Waals surface area contributed by atoms with Crippen LogP contribution in [0.15, 0.2) is 46.6 Å². The molecule has 0 unspecified atom stereocenters. The molecule has 3 heterocycles. The summed E-state index contributed by atoms with van der Waals surface area (Å²) in [5.41, 5.74) is 6.71. The summed E-state index contributed by atoms with van der Waals surface area (Å²) in [6, 6.07) is 12.4. The van der Waals surface area contributed by atoms with Crippen LogP contribution in [0.25, 0.3) is 21.5 Å². The lowest BCUT2D eigenvalue weighted by Crippen LogP contribution is -2.28. The third-order valence-corrected chi connectivity index (χ3v) is 6.27. The lowest BCUT2D eigenvalue weighted by Gasteiger charge is -2.09. The molecule has 0 aliphatic heterocycles. The summed E-state index contributed by atoms with van der Waals surface area (Å²) in [5.74, 6) is -0.0616. The molecule has 1 amide bonds. The average Bonchev–Trinajstić information content (AvgIpc) is 3.33. The summed E-state index contributed by atoms with van der Waals surface area (Å²) < 4.78 is 0. The minimum absolute atomic E-state index is 0.0616. The highest BCUT2D eigenvalue weighted by molar-refractivity contribution is 7.13. The van der Waals surface area contributed by atoms with Crippen LogP contribution in [0.1, 0.15) is 34.4 Å². The maximum absolute atomic E-state index is 12.6. The minimum atomic E-state index is -0.139. The normalized spacial score (nSPS) is 11.2. The predicted octanol–water partition coefficient (Wildman–Crippen LogP) is 4.76. The second kappa shape index (κ2) is 8.32. The lowest BCUT2D eigenvalue weighted by atomic mass is 10.0. The van der Waals surface area contributed by atoms with E-state index in [1.165, 1.54) is 10.4 Å². The number of thiophene rings is 1. The summed E-state index contributed by atoms with van der Waals surface area (Å²) in [4.78, 5) is 32.2. The van der Waals surface area contributed by atoms with Gasteiger partial charge in [-0.15, -0.1) is 11.3 Å². The number of aromatic amines is 2. The van der Waals surface area contributed by atoms with Gasteiger partial charge in [-0.05, 0) is 68.0 Å². The molecule has 0 bridgehead atoms. The first-order valence-electron chi connectivity index (χ1n) is 10.0. The monoisotopic (exact) mass is 419 g/mol. The molecule has 0 saturated carbocycles. The first kappa shape index (κ1) is 20.2. The van der Waals surface area contributed by atoms with Gasteiger partial charge in [0.25, 0.3) is 5.56 Å². The Hall–Kier alpha value is -3.12. The third-order valence-electron chi connectivity index (χ3n) is 5.39. The Morgan fingerprint density at radius 1 is 1.07 bits per heavy atom. The summed E-state index contributed by atoms with van der Waals surface area (Å²) in [6.45, 7) is 6.07. The summed E-state index contributed by atoms with van der Waals surface area (Å²) in [7, 11) is 0. The van der Waals surface area contributed by atoms with E-state index in [1.807, 2.05) is 26.0 Å². The molecule has 30 heavy (non-hydrogen) atoms. The molecule has 0 radical (unpaired) electrons. The number of H-pyrrole nitrogens is 2. The predicted molar refractivity (Wildman–Crippen MR) is 123 cm³/mol.